The van der Waals surface area contributed by atoms with Crippen LogP contribution in [-0.4, -0.2) is 47.9 Å². The van der Waals surface area contributed by atoms with E-state index >= 15 is 0 Å². The van der Waals surface area contributed by atoms with E-state index in [4.69, 9.17) is 23.2 Å². The van der Waals surface area contributed by atoms with Crippen LogP contribution in [0.15, 0.2) is 48.5 Å². The zero-order valence-corrected chi connectivity index (χ0v) is 23.4. The molecule has 38 heavy (non-hydrogen) atoms. The van der Waals surface area contributed by atoms with E-state index in [9.17, 15) is 9.59 Å². The molecular weight excluding hydrogens is 519 g/mol. The molecule has 2 amide bonds. The SMILES string of the molecule is Cc1cc(N2CCC(N(C)C(=O)c3ccc4c(c3)C(NC(=O)c3cc(Cl)ccc3Cl)CC4)CC2)cc(C)n1. The maximum Gasteiger partial charge on any atom is 0.253 e. The minimum Gasteiger partial charge on any atom is -0.371 e. The topological polar surface area (TPSA) is 65.5 Å². The molecule has 1 unspecified atom stereocenters. The molecule has 8 heteroatoms. The molecule has 1 aliphatic heterocycles. The fourth-order valence-corrected chi connectivity index (χ4v) is 6.04. The predicted octanol–water partition coefficient (Wildman–Crippen LogP) is 6.16. The number of piperidine rings is 1. The average molecular weight is 552 g/mol. The van der Waals surface area contributed by atoms with E-state index in [0.29, 0.717) is 21.2 Å². The average Bonchev–Trinajstić information content (AvgIpc) is 3.30. The standard InChI is InChI=1S/C30H32Cl2N4O2/c1-18-14-24(15-19(2)33-18)36-12-10-23(11-13-36)35(3)30(38)21-5-4-20-6-9-28(25(20)16-21)34-29(37)26-17-22(31)7-8-27(26)32/h4-5,7-8,14-17,23,28H,6,9-13H2,1-3H3,(H,34,37). The number of anilines is 1. The maximum atomic E-state index is 13.5. The van der Waals surface area contributed by atoms with Crippen LogP contribution in [-0.2, 0) is 6.42 Å². The third kappa shape index (κ3) is 5.52. The Hall–Kier alpha value is -3.09. The van der Waals surface area contributed by atoms with E-state index in [2.05, 4.69) is 27.3 Å². The largest absolute Gasteiger partial charge is 0.371 e. The lowest BCUT2D eigenvalue weighted by molar-refractivity contribution is 0.0709. The van der Waals surface area contributed by atoms with E-state index in [0.717, 1.165) is 61.3 Å². The van der Waals surface area contributed by atoms with Crippen LogP contribution in [0.3, 0.4) is 0 Å². The van der Waals surface area contributed by atoms with Crippen LogP contribution < -0.4 is 10.2 Å². The molecule has 198 valence electrons. The van der Waals surface area contributed by atoms with E-state index in [1.54, 1.807) is 18.2 Å². The molecule has 6 nitrogen and oxygen atoms in total. The van der Waals surface area contributed by atoms with Crippen LogP contribution in [0.4, 0.5) is 5.69 Å². The van der Waals surface area contributed by atoms with Crippen molar-refractivity contribution >= 4 is 40.7 Å². The predicted molar refractivity (Wildman–Crippen MR) is 152 cm³/mol. The first-order chi connectivity index (χ1) is 18.2. The zero-order chi connectivity index (χ0) is 27.0. The van der Waals surface area contributed by atoms with Gasteiger partial charge in [0.25, 0.3) is 11.8 Å². The molecule has 1 atom stereocenters. The molecule has 2 heterocycles. The van der Waals surface area contributed by atoms with Gasteiger partial charge in [0.1, 0.15) is 0 Å². The van der Waals surface area contributed by atoms with Gasteiger partial charge in [0, 0.05) is 53.8 Å². The van der Waals surface area contributed by atoms with Crippen molar-refractivity contribution in [3.05, 3.63) is 92.2 Å². The van der Waals surface area contributed by atoms with Crippen LogP contribution in [0.5, 0.6) is 0 Å². The lowest BCUT2D eigenvalue weighted by atomic mass is 10.00. The van der Waals surface area contributed by atoms with Gasteiger partial charge in [0.2, 0.25) is 0 Å². The summed E-state index contributed by atoms with van der Waals surface area (Å²) < 4.78 is 0. The Morgan fingerprint density at radius 2 is 1.68 bits per heavy atom. The quantitative estimate of drug-likeness (QED) is 0.413. The van der Waals surface area contributed by atoms with Crippen molar-refractivity contribution in [1.82, 2.24) is 15.2 Å². The number of hydrogen-bond donors (Lipinski definition) is 1. The summed E-state index contributed by atoms with van der Waals surface area (Å²) in [7, 11) is 1.90. The number of carbonyl (C=O) groups excluding carboxylic acids is 2. The van der Waals surface area contributed by atoms with Crippen molar-refractivity contribution in [3.8, 4) is 0 Å². The Balaban J connectivity index is 1.25. The number of aryl methyl sites for hydroxylation is 3. The molecule has 1 saturated heterocycles. The monoisotopic (exact) mass is 550 g/mol. The number of carbonyl (C=O) groups is 2. The number of nitrogens with zero attached hydrogens (tertiary/aromatic N) is 3. The summed E-state index contributed by atoms with van der Waals surface area (Å²) in [6.07, 6.45) is 3.44. The molecule has 0 bridgehead atoms. The number of aromatic nitrogens is 1. The smallest absolute Gasteiger partial charge is 0.253 e. The van der Waals surface area contributed by atoms with E-state index in [1.807, 2.05) is 44.0 Å². The highest BCUT2D eigenvalue weighted by molar-refractivity contribution is 6.35. The van der Waals surface area contributed by atoms with E-state index in [1.165, 1.54) is 5.69 Å². The number of halogens is 2. The van der Waals surface area contributed by atoms with Crippen LogP contribution in [0.1, 0.15) is 68.5 Å². The molecule has 1 N–H and O–H groups in total. The number of amides is 2. The first kappa shape index (κ1) is 26.5. The number of hydrogen-bond acceptors (Lipinski definition) is 4. The molecule has 2 aliphatic rings. The highest BCUT2D eigenvalue weighted by Gasteiger charge is 2.29. The lowest BCUT2D eigenvalue weighted by Gasteiger charge is -2.38. The van der Waals surface area contributed by atoms with E-state index in [-0.39, 0.29) is 23.9 Å². The number of rotatable bonds is 5. The Labute approximate surface area is 233 Å². The minimum atomic E-state index is -0.268. The van der Waals surface area contributed by atoms with Crippen molar-refractivity contribution in [2.24, 2.45) is 0 Å². The third-order valence-electron chi connectivity index (χ3n) is 7.71. The number of fused-ring (bicyclic) bond motifs is 1. The minimum absolute atomic E-state index is 0.0108. The van der Waals surface area contributed by atoms with Gasteiger partial charge in [0.05, 0.1) is 16.6 Å². The molecule has 0 saturated carbocycles. The number of benzene rings is 2. The summed E-state index contributed by atoms with van der Waals surface area (Å²) in [4.78, 5) is 35.2. The molecule has 1 fully saturated rings. The summed E-state index contributed by atoms with van der Waals surface area (Å²) in [6, 6.07) is 15.0. The normalized spacial score (nSPS) is 17.3. The summed E-state index contributed by atoms with van der Waals surface area (Å²) in [6.45, 7) is 5.84. The zero-order valence-electron chi connectivity index (χ0n) is 21.9. The van der Waals surface area contributed by atoms with Gasteiger partial charge in [-0.3, -0.25) is 14.6 Å². The first-order valence-electron chi connectivity index (χ1n) is 13.1. The third-order valence-corrected chi connectivity index (χ3v) is 8.28. The molecule has 3 aromatic rings. The highest BCUT2D eigenvalue weighted by Crippen LogP contribution is 2.33. The van der Waals surface area contributed by atoms with Crippen LogP contribution in [0, 0.1) is 13.8 Å². The van der Waals surface area contributed by atoms with Crippen LogP contribution in [0.2, 0.25) is 10.0 Å². The Bertz CT molecular complexity index is 1360. The highest BCUT2D eigenvalue weighted by atomic mass is 35.5. The summed E-state index contributed by atoms with van der Waals surface area (Å²) in [5, 5.41) is 3.90. The molecule has 5 rings (SSSR count). The molecule has 1 aromatic heterocycles. The second-order valence-electron chi connectivity index (χ2n) is 10.3. The molecule has 2 aromatic carbocycles. The van der Waals surface area contributed by atoms with Gasteiger partial charge in [-0.15, -0.1) is 0 Å². The van der Waals surface area contributed by atoms with Crippen molar-refractivity contribution < 1.29 is 9.59 Å². The van der Waals surface area contributed by atoms with Gasteiger partial charge in [-0.1, -0.05) is 29.3 Å². The van der Waals surface area contributed by atoms with Crippen molar-refractivity contribution in [2.45, 2.75) is 51.6 Å². The van der Waals surface area contributed by atoms with Crippen molar-refractivity contribution in [1.29, 1.82) is 0 Å². The Morgan fingerprint density at radius 3 is 2.39 bits per heavy atom. The second-order valence-corrected chi connectivity index (χ2v) is 11.2. The molecular formula is C30H32Cl2N4O2. The van der Waals surface area contributed by atoms with E-state index < -0.39 is 0 Å². The van der Waals surface area contributed by atoms with Gasteiger partial charge >= 0.3 is 0 Å². The van der Waals surface area contributed by atoms with Crippen LogP contribution in [0.25, 0.3) is 0 Å². The summed E-state index contributed by atoms with van der Waals surface area (Å²) >= 11 is 12.3. The Morgan fingerprint density at radius 1 is 0.974 bits per heavy atom. The fourth-order valence-electron chi connectivity index (χ4n) is 5.67. The van der Waals surface area contributed by atoms with Crippen molar-refractivity contribution in [2.75, 3.05) is 25.0 Å². The lowest BCUT2D eigenvalue weighted by Crippen LogP contribution is -2.45. The van der Waals surface area contributed by atoms with Gasteiger partial charge in [-0.2, -0.15) is 0 Å². The molecule has 1 aliphatic carbocycles. The first-order valence-corrected chi connectivity index (χ1v) is 13.8. The van der Waals surface area contributed by atoms with Gasteiger partial charge in [0.15, 0.2) is 0 Å². The van der Waals surface area contributed by atoms with Crippen molar-refractivity contribution in [3.63, 3.8) is 0 Å². The van der Waals surface area contributed by atoms with Gasteiger partial charge in [-0.25, -0.2) is 0 Å². The molecule has 0 spiro atoms. The number of nitrogens with one attached hydrogen (secondary N) is 1. The summed E-state index contributed by atoms with van der Waals surface area (Å²) in [5.41, 5.74) is 6.40. The Kier molecular flexibility index (Phi) is 7.64. The maximum absolute atomic E-state index is 13.5. The van der Waals surface area contributed by atoms with Gasteiger partial charge in [-0.05, 0) is 93.1 Å². The second kappa shape index (κ2) is 11.0. The van der Waals surface area contributed by atoms with Gasteiger partial charge < -0.3 is 15.1 Å². The number of pyridine rings is 1. The molecule has 0 radical (unpaired) electrons. The summed E-state index contributed by atoms with van der Waals surface area (Å²) in [5.74, 6) is -0.257. The van der Waals surface area contributed by atoms with Crippen LogP contribution >= 0.6 is 23.2 Å². The fraction of sp³-hybridized carbons (Fsp3) is 0.367.